The summed E-state index contributed by atoms with van der Waals surface area (Å²) in [5.74, 6) is 0.122. The largest absolute Gasteiger partial charge is 0.355 e. The van der Waals surface area contributed by atoms with Gasteiger partial charge in [-0.1, -0.05) is 61.6 Å². The van der Waals surface area contributed by atoms with Gasteiger partial charge >= 0.3 is 0 Å². The third kappa shape index (κ3) is 4.52. The number of carbonyl (C=O) groups excluding carboxylic acids is 1. The van der Waals surface area contributed by atoms with Crippen LogP contribution in [-0.2, 0) is 17.6 Å². The highest BCUT2D eigenvalue weighted by atomic mass is 32.2. The zero-order valence-electron chi connectivity index (χ0n) is 14.7. The predicted octanol–water partition coefficient (Wildman–Crippen LogP) is 4.17. The van der Waals surface area contributed by atoms with Crippen molar-refractivity contribution < 1.29 is 4.79 Å². The van der Waals surface area contributed by atoms with Gasteiger partial charge in [-0.15, -0.1) is 10.2 Å². The summed E-state index contributed by atoms with van der Waals surface area (Å²) in [6, 6.07) is 6.40. The Balaban J connectivity index is 1.73. The molecule has 5 nitrogen and oxygen atoms in total. The Labute approximate surface area is 157 Å². The molecule has 0 aliphatic carbocycles. The first-order valence-electron chi connectivity index (χ1n) is 8.87. The summed E-state index contributed by atoms with van der Waals surface area (Å²) >= 11 is 3.05. The van der Waals surface area contributed by atoms with Crippen LogP contribution in [0.4, 0.5) is 10.8 Å². The number of hydrogen-bond donors (Lipinski definition) is 2. The summed E-state index contributed by atoms with van der Waals surface area (Å²) in [5.41, 5.74) is 3.71. The van der Waals surface area contributed by atoms with Crippen molar-refractivity contribution in [2.75, 3.05) is 11.9 Å². The normalized spacial score (nSPS) is 17.8. The SMILES string of the molecule is CCc1cccc(CC)c1Nc1nnc(S[C@@H]2CCCCNC2=O)s1. The van der Waals surface area contributed by atoms with E-state index in [1.165, 1.54) is 34.2 Å². The second-order valence-corrected chi connectivity index (χ2v) is 8.48. The number of nitrogens with zero attached hydrogens (tertiary/aromatic N) is 2. The number of nitrogens with one attached hydrogen (secondary N) is 2. The Morgan fingerprint density at radius 2 is 2.00 bits per heavy atom. The number of aromatic nitrogens is 2. The highest BCUT2D eigenvalue weighted by molar-refractivity contribution is 8.02. The Kier molecular flexibility index (Phi) is 6.31. The molecule has 1 amide bonds. The molecule has 1 aliphatic heterocycles. The van der Waals surface area contributed by atoms with Crippen molar-refractivity contribution in [3.8, 4) is 0 Å². The van der Waals surface area contributed by atoms with Crippen LogP contribution in [0.1, 0.15) is 44.2 Å². The molecule has 2 heterocycles. The number of aryl methyl sites for hydroxylation is 2. The molecule has 1 atom stereocenters. The number of thioether (sulfide) groups is 1. The van der Waals surface area contributed by atoms with E-state index in [1.54, 1.807) is 0 Å². The molecule has 0 bridgehead atoms. The van der Waals surface area contributed by atoms with Gasteiger partial charge in [0.25, 0.3) is 0 Å². The van der Waals surface area contributed by atoms with Gasteiger partial charge in [0.1, 0.15) is 0 Å². The van der Waals surface area contributed by atoms with E-state index in [4.69, 9.17) is 0 Å². The minimum atomic E-state index is -0.0579. The molecule has 7 heteroatoms. The van der Waals surface area contributed by atoms with Gasteiger partial charge in [-0.2, -0.15) is 0 Å². The van der Waals surface area contributed by atoms with E-state index in [1.807, 2.05) is 0 Å². The first-order chi connectivity index (χ1) is 12.2. The first-order valence-corrected chi connectivity index (χ1v) is 10.6. The lowest BCUT2D eigenvalue weighted by molar-refractivity contribution is -0.120. The molecule has 2 aromatic rings. The maximum absolute atomic E-state index is 12.1. The van der Waals surface area contributed by atoms with Gasteiger partial charge < -0.3 is 10.6 Å². The molecule has 2 N–H and O–H groups in total. The van der Waals surface area contributed by atoms with Gasteiger partial charge in [-0.25, -0.2) is 0 Å². The predicted molar refractivity (Wildman–Crippen MR) is 105 cm³/mol. The number of hydrogen-bond acceptors (Lipinski definition) is 6. The number of anilines is 2. The van der Waals surface area contributed by atoms with Crippen LogP contribution in [0.25, 0.3) is 0 Å². The quantitative estimate of drug-likeness (QED) is 0.792. The van der Waals surface area contributed by atoms with E-state index in [2.05, 4.69) is 52.9 Å². The van der Waals surface area contributed by atoms with E-state index < -0.39 is 0 Å². The molecule has 0 spiro atoms. The second kappa shape index (κ2) is 8.67. The molecule has 1 saturated heterocycles. The molecule has 134 valence electrons. The molecule has 1 fully saturated rings. The lowest BCUT2D eigenvalue weighted by Gasteiger charge is -2.13. The Morgan fingerprint density at radius 3 is 2.72 bits per heavy atom. The summed E-state index contributed by atoms with van der Waals surface area (Å²) in [6.45, 7) is 5.10. The molecule has 3 rings (SSSR count). The molecule has 0 radical (unpaired) electrons. The number of rotatable bonds is 6. The summed E-state index contributed by atoms with van der Waals surface area (Å²) < 4.78 is 0.844. The van der Waals surface area contributed by atoms with Crippen LogP contribution in [0.3, 0.4) is 0 Å². The van der Waals surface area contributed by atoms with Crippen molar-refractivity contribution in [2.24, 2.45) is 0 Å². The van der Waals surface area contributed by atoms with Gasteiger partial charge in [0.15, 0.2) is 4.34 Å². The molecule has 1 aliphatic rings. The van der Waals surface area contributed by atoms with Crippen LogP contribution < -0.4 is 10.6 Å². The highest BCUT2D eigenvalue weighted by Crippen LogP contribution is 2.34. The lowest BCUT2D eigenvalue weighted by atomic mass is 10.0. The van der Waals surface area contributed by atoms with Gasteiger partial charge in [-0.3, -0.25) is 4.79 Å². The maximum atomic E-state index is 12.1. The molecule has 1 aromatic carbocycles. The van der Waals surface area contributed by atoms with Crippen molar-refractivity contribution in [2.45, 2.75) is 55.5 Å². The monoisotopic (exact) mass is 376 g/mol. The standard InChI is InChI=1S/C18H24N4OS2/c1-3-12-8-7-9-13(4-2)15(12)20-17-21-22-18(25-17)24-14-10-5-6-11-19-16(14)23/h7-9,14H,3-6,10-11H2,1-2H3,(H,19,23)(H,20,21)/t14-/m1/s1. The zero-order valence-corrected chi connectivity index (χ0v) is 16.3. The minimum absolute atomic E-state index is 0.0579. The van der Waals surface area contributed by atoms with E-state index in [9.17, 15) is 4.79 Å². The highest BCUT2D eigenvalue weighted by Gasteiger charge is 2.23. The van der Waals surface area contributed by atoms with Gasteiger partial charge in [0, 0.05) is 12.2 Å². The summed E-state index contributed by atoms with van der Waals surface area (Å²) in [7, 11) is 0. The fourth-order valence-corrected chi connectivity index (χ4v) is 5.03. The topological polar surface area (TPSA) is 66.9 Å². The zero-order chi connectivity index (χ0) is 17.6. The molecule has 0 saturated carbocycles. The fourth-order valence-electron chi connectivity index (χ4n) is 2.96. The van der Waals surface area contributed by atoms with E-state index in [0.717, 1.165) is 53.8 Å². The Bertz CT molecular complexity index is 709. The van der Waals surface area contributed by atoms with Crippen molar-refractivity contribution in [1.29, 1.82) is 0 Å². The fraction of sp³-hybridized carbons (Fsp3) is 0.500. The number of benzene rings is 1. The average Bonchev–Trinajstić information content (AvgIpc) is 2.97. The molecule has 25 heavy (non-hydrogen) atoms. The van der Waals surface area contributed by atoms with E-state index >= 15 is 0 Å². The molecule has 1 aromatic heterocycles. The third-order valence-electron chi connectivity index (χ3n) is 4.37. The van der Waals surface area contributed by atoms with Crippen LogP contribution in [-0.4, -0.2) is 27.9 Å². The molecule has 0 unspecified atom stereocenters. The van der Waals surface area contributed by atoms with Crippen molar-refractivity contribution in [1.82, 2.24) is 15.5 Å². The van der Waals surface area contributed by atoms with Crippen LogP contribution >= 0.6 is 23.1 Å². The van der Waals surface area contributed by atoms with Crippen LogP contribution in [0.5, 0.6) is 0 Å². The van der Waals surface area contributed by atoms with Gasteiger partial charge in [0.05, 0.1) is 5.25 Å². The summed E-state index contributed by atoms with van der Waals surface area (Å²) in [5, 5.41) is 15.7. The first kappa shape index (κ1) is 18.2. The van der Waals surface area contributed by atoms with Crippen LogP contribution in [0.15, 0.2) is 22.5 Å². The third-order valence-corrected chi connectivity index (χ3v) is 6.55. The Hall–Kier alpha value is -1.60. The van der Waals surface area contributed by atoms with Crippen molar-refractivity contribution >= 4 is 39.8 Å². The smallest absolute Gasteiger partial charge is 0.233 e. The molecular weight excluding hydrogens is 352 g/mol. The number of carbonyl (C=O) groups is 1. The van der Waals surface area contributed by atoms with E-state index in [0.29, 0.717) is 0 Å². The van der Waals surface area contributed by atoms with Gasteiger partial charge in [0.2, 0.25) is 11.0 Å². The summed E-state index contributed by atoms with van der Waals surface area (Å²) in [6.07, 6.45) is 4.97. The lowest BCUT2D eigenvalue weighted by Crippen LogP contribution is -2.30. The summed E-state index contributed by atoms with van der Waals surface area (Å²) in [4.78, 5) is 12.1. The van der Waals surface area contributed by atoms with Crippen molar-refractivity contribution in [3.05, 3.63) is 29.3 Å². The number of amides is 1. The second-order valence-electron chi connectivity index (χ2n) is 6.05. The van der Waals surface area contributed by atoms with Gasteiger partial charge in [-0.05, 0) is 36.8 Å². The minimum Gasteiger partial charge on any atom is -0.355 e. The van der Waals surface area contributed by atoms with Crippen LogP contribution in [0, 0.1) is 0 Å². The molecular formula is C18H24N4OS2. The van der Waals surface area contributed by atoms with Crippen LogP contribution in [0.2, 0.25) is 0 Å². The van der Waals surface area contributed by atoms with E-state index in [-0.39, 0.29) is 11.2 Å². The van der Waals surface area contributed by atoms with Crippen molar-refractivity contribution in [3.63, 3.8) is 0 Å². The number of para-hydroxylation sites is 1. The Morgan fingerprint density at radius 1 is 1.24 bits per heavy atom. The maximum Gasteiger partial charge on any atom is 0.233 e. The average molecular weight is 377 g/mol.